The molecule has 0 aliphatic heterocycles. The number of para-hydroxylation sites is 1. The van der Waals surface area contributed by atoms with Crippen LogP contribution in [0.25, 0.3) is 10.9 Å². The third kappa shape index (κ3) is 2.52. The number of thiazole rings is 1. The fourth-order valence-electron chi connectivity index (χ4n) is 1.90. The van der Waals surface area contributed by atoms with Gasteiger partial charge in [0.15, 0.2) is 0 Å². The van der Waals surface area contributed by atoms with E-state index < -0.39 is 0 Å². The first-order chi connectivity index (χ1) is 9.78. The van der Waals surface area contributed by atoms with Gasteiger partial charge in [-0.15, -0.1) is 11.3 Å². The van der Waals surface area contributed by atoms with Gasteiger partial charge in [0.05, 0.1) is 13.7 Å². The van der Waals surface area contributed by atoms with E-state index in [0.717, 1.165) is 10.4 Å². The number of anilines is 1. The molecule has 1 N–H and O–H groups in total. The van der Waals surface area contributed by atoms with Gasteiger partial charge in [0.25, 0.3) is 0 Å². The van der Waals surface area contributed by atoms with Crippen LogP contribution in [0.3, 0.4) is 0 Å². The summed E-state index contributed by atoms with van der Waals surface area (Å²) in [7, 11) is 1.60. The van der Waals surface area contributed by atoms with Crippen molar-refractivity contribution in [3.63, 3.8) is 0 Å². The van der Waals surface area contributed by atoms with Crippen molar-refractivity contribution in [1.82, 2.24) is 15.0 Å². The minimum atomic E-state index is 0.184. The largest absolute Gasteiger partial charge is 0.494 e. The molecule has 0 spiro atoms. The molecular weight excluding hydrogens is 296 g/mol. The molecule has 20 heavy (non-hydrogen) atoms. The molecular formula is C13H11ClN4OS. The van der Waals surface area contributed by atoms with Crippen LogP contribution in [-0.2, 0) is 6.54 Å². The molecule has 0 aliphatic rings. The molecule has 0 aliphatic carbocycles. The van der Waals surface area contributed by atoms with E-state index in [1.807, 2.05) is 23.6 Å². The van der Waals surface area contributed by atoms with Crippen LogP contribution in [0.5, 0.6) is 5.75 Å². The Balaban J connectivity index is 2.01. The molecule has 0 amide bonds. The van der Waals surface area contributed by atoms with Crippen molar-refractivity contribution in [2.75, 3.05) is 12.4 Å². The molecule has 102 valence electrons. The Hall–Kier alpha value is -1.92. The van der Waals surface area contributed by atoms with Gasteiger partial charge >= 0.3 is 0 Å². The maximum absolute atomic E-state index is 5.98. The normalized spacial score (nSPS) is 10.7. The SMILES string of the molecule is COc1cccc2c(NCc3nccs3)nc(Cl)nc12. The fourth-order valence-corrected chi connectivity index (χ4v) is 2.62. The number of halogens is 1. The van der Waals surface area contributed by atoms with Gasteiger partial charge in [-0.05, 0) is 23.7 Å². The van der Waals surface area contributed by atoms with Crippen LogP contribution in [0.2, 0.25) is 5.28 Å². The highest BCUT2D eigenvalue weighted by atomic mass is 35.5. The average molecular weight is 307 g/mol. The summed E-state index contributed by atoms with van der Waals surface area (Å²) in [5.41, 5.74) is 0.691. The highest BCUT2D eigenvalue weighted by Gasteiger charge is 2.10. The van der Waals surface area contributed by atoms with Crippen molar-refractivity contribution in [2.24, 2.45) is 0 Å². The summed E-state index contributed by atoms with van der Waals surface area (Å²) in [6, 6.07) is 5.67. The van der Waals surface area contributed by atoms with E-state index in [1.54, 1.807) is 24.6 Å². The Morgan fingerprint density at radius 2 is 2.25 bits per heavy atom. The van der Waals surface area contributed by atoms with Crippen LogP contribution in [0.15, 0.2) is 29.8 Å². The van der Waals surface area contributed by atoms with Crippen LogP contribution in [0.1, 0.15) is 5.01 Å². The van der Waals surface area contributed by atoms with Gasteiger partial charge in [0.1, 0.15) is 22.1 Å². The van der Waals surface area contributed by atoms with Gasteiger partial charge in [0, 0.05) is 17.0 Å². The lowest BCUT2D eigenvalue weighted by Crippen LogP contribution is -2.03. The summed E-state index contributed by atoms with van der Waals surface area (Å²) >= 11 is 7.57. The first-order valence-electron chi connectivity index (χ1n) is 5.90. The number of ether oxygens (including phenoxy) is 1. The minimum absolute atomic E-state index is 0.184. The predicted molar refractivity (Wildman–Crippen MR) is 80.5 cm³/mol. The zero-order chi connectivity index (χ0) is 13.9. The Bertz CT molecular complexity index is 733. The summed E-state index contributed by atoms with van der Waals surface area (Å²) in [6.45, 7) is 0.595. The van der Waals surface area contributed by atoms with Gasteiger partial charge in [-0.1, -0.05) is 6.07 Å². The van der Waals surface area contributed by atoms with Crippen molar-refractivity contribution in [1.29, 1.82) is 0 Å². The number of nitrogens with zero attached hydrogens (tertiary/aromatic N) is 3. The summed E-state index contributed by atoms with van der Waals surface area (Å²) in [6.07, 6.45) is 1.77. The van der Waals surface area contributed by atoms with Gasteiger partial charge in [0.2, 0.25) is 5.28 Å². The van der Waals surface area contributed by atoms with Crippen molar-refractivity contribution in [3.8, 4) is 5.75 Å². The lowest BCUT2D eigenvalue weighted by Gasteiger charge is -2.10. The zero-order valence-electron chi connectivity index (χ0n) is 10.6. The smallest absolute Gasteiger partial charge is 0.225 e. The number of rotatable bonds is 4. The van der Waals surface area contributed by atoms with Crippen LogP contribution in [0.4, 0.5) is 5.82 Å². The maximum Gasteiger partial charge on any atom is 0.225 e. The quantitative estimate of drug-likeness (QED) is 0.749. The number of hydrogen-bond donors (Lipinski definition) is 1. The second kappa shape index (κ2) is 5.60. The molecule has 0 saturated heterocycles. The van der Waals surface area contributed by atoms with Crippen LogP contribution >= 0.6 is 22.9 Å². The molecule has 3 rings (SSSR count). The third-order valence-electron chi connectivity index (χ3n) is 2.77. The Morgan fingerprint density at radius 3 is 3.00 bits per heavy atom. The molecule has 0 atom stereocenters. The van der Waals surface area contributed by atoms with Gasteiger partial charge in [-0.3, -0.25) is 0 Å². The molecule has 1 aromatic carbocycles. The molecule has 0 unspecified atom stereocenters. The number of hydrogen-bond acceptors (Lipinski definition) is 6. The standard InChI is InChI=1S/C13H11ClN4OS/c1-19-9-4-2-3-8-11(9)17-13(14)18-12(8)16-7-10-15-5-6-20-10/h2-6H,7H2,1H3,(H,16,17,18). The number of fused-ring (bicyclic) bond motifs is 1. The first-order valence-corrected chi connectivity index (χ1v) is 7.16. The second-order valence-electron chi connectivity index (χ2n) is 3.98. The van der Waals surface area contributed by atoms with Crippen molar-refractivity contribution in [3.05, 3.63) is 40.1 Å². The topological polar surface area (TPSA) is 59.9 Å². The summed E-state index contributed by atoms with van der Waals surface area (Å²) in [5, 5.41) is 7.21. The number of benzene rings is 1. The molecule has 0 radical (unpaired) electrons. The van der Waals surface area contributed by atoms with E-state index in [1.165, 1.54) is 0 Å². The molecule has 0 fully saturated rings. The van der Waals surface area contributed by atoms with E-state index in [4.69, 9.17) is 16.3 Å². The first kappa shape index (κ1) is 13.1. The van der Waals surface area contributed by atoms with Gasteiger partial charge in [-0.25, -0.2) is 15.0 Å². The van der Waals surface area contributed by atoms with Crippen LogP contribution in [-0.4, -0.2) is 22.1 Å². The molecule has 0 saturated carbocycles. The lowest BCUT2D eigenvalue weighted by molar-refractivity contribution is 0.419. The van der Waals surface area contributed by atoms with E-state index in [2.05, 4.69) is 20.3 Å². The van der Waals surface area contributed by atoms with Crippen molar-refractivity contribution >= 4 is 39.7 Å². The van der Waals surface area contributed by atoms with E-state index in [-0.39, 0.29) is 5.28 Å². The average Bonchev–Trinajstić information content (AvgIpc) is 2.97. The van der Waals surface area contributed by atoms with E-state index >= 15 is 0 Å². The highest BCUT2D eigenvalue weighted by molar-refractivity contribution is 7.09. The summed E-state index contributed by atoms with van der Waals surface area (Å²) < 4.78 is 5.30. The number of aromatic nitrogens is 3. The van der Waals surface area contributed by atoms with Crippen LogP contribution in [0, 0.1) is 0 Å². The zero-order valence-corrected chi connectivity index (χ0v) is 12.2. The molecule has 5 nitrogen and oxygen atoms in total. The second-order valence-corrected chi connectivity index (χ2v) is 5.29. The Morgan fingerprint density at radius 1 is 1.35 bits per heavy atom. The van der Waals surface area contributed by atoms with E-state index in [0.29, 0.717) is 23.6 Å². The molecule has 2 heterocycles. The predicted octanol–water partition coefficient (Wildman–Crippen LogP) is 3.36. The minimum Gasteiger partial charge on any atom is -0.494 e. The van der Waals surface area contributed by atoms with Crippen molar-refractivity contribution < 1.29 is 4.74 Å². The van der Waals surface area contributed by atoms with Gasteiger partial charge in [-0.2, -0.15) is 0 Å². The lowest BCUT2D eigenvalue weighted by atomic mass is 10.2. The number of methoxy groups -OCH3 is 1. The molecule has 7 heteroatoms. The molecule has 3 aromatic rings. The number of nitrogens with one attached hydrogen (secondary N) is 1. The van der Waals surface area contributed by atoms with Crippen molar-refractivity contribution in [2.45, 2.75) is 6.54 Å². The third-order valence-corrected chi connectivity index (χ3v) is 3.72. The molecule has 0 bridgehead atoms. The van der Waals surface area contributed by atoms with Crippen LogP contribution < -0.4 is 10.1 Å². The molecule has 2 aromatic heterocycles. The maximum atomic E-state index is 5.98. The fraction of sp³-hybridized carbons (Fsp3) is 0.154. The summed E-state index contributed by atoms with van der Waals surface area (Å²) in [4.78, 5) is 12.7. The highest BCUT2D eigenvalue weighted by Crippen LogP contribution is 2.29. The monoisotopic (exact) mass is 306 g/mol. The Labute approximate surface area is 124 Å². The van der Waals surface area contributed by atoms with E-state index in [9.17, 15) is 0 Å². The van der Waals surface area contributed by atoms with Gasteiger partial charge < -0.3 is 10.1 Å². The Kier molecular flexibility index (Phi) is 3.66. The summed E-state index contributed by atoms with van der Waals surface area (Å²) in [5.74, 6) is 1.35.